The summed E-state index contributed by atoms with van der Waals surface area (Å²) in [6.07, 6.45) is 0.576. The molecule has 0 bridgehead atoms. The van der Waals surface area contributed by atoms with Crippen molar-refractivity contribution >= 4 is 27.0 Å². The van der Waals surface area contributed by atoms with Gasteiger partial charge in [0.25, 0.3) is 10.0 Å². The van der Waals surface area contributed by atoms with Crippen molar-refractivity contribution < 1.29 is 17.9 Å². The van der Waals surface area contributed by atoms with E-state index in [1.165, 1.54) is 22.5 Å². The van der Waals surface area contributed by atoms with Gasteiger partial charge in [-0.25, -0.2) is 12.8 Å². The number of hydrogen-bond donors (Lipinski definition) is 1. The number of halogens is 1. The second-order valence-corrected chi connectivity index (χ2v) is 7.74. The predicted octanol–water partition coefficient (Wildman–Crippen LogP) is 2.13. The molecule has 1 N–H and O–H groups in total. The minimum atomic E-state index is -3.68. The molecule has 0 fully saturated rings. The summed E-state index contributed by atoms with van der Waals surface area (Å²) in [7, 11) is -3.68. The van der Waals surface area contributed by atoms with Crippen LogP contribution in [0.1, 0.15) is 10.4 Å². The quantitative estimate of drug-likeness (QED) is 0.944. The first-order chi connectivity index (χ1) is 9.52. The molecule has 20 heavy (non-hydrogen) atoms. The molecule has 0 atom stereocenters. The predicted molar refractivity (Wildman–Crippen MR) is 74.9 cm³/mol. The molecule has 4 nitrogen and oxygen atoms in total. The average Bonchev–Trinajstić information content (AvgIpc) is 3.05. The summed E-state index contributed by atoms with van der Waals surface area (Å²) in [5.74, 6) is -0.451. The van der Waals surface area contributed by atoms with Gasteiger partial charge in [-0.05, 0) is 36.2 Å². The highest BCUT2D eigenvalue weighted by molar-refractivity contribution is 7.94. The Bertz CT molecular complexity index is 755. The summed E-state index contributed by atoms with van der Waals surface area (Å²) >= 11 is 1.03. The second kappa shape index (κ2) is 4.83. The van der Waals surface area contributed by atoms with Gasteiger partial charge in [-0.2, -0.15) is 0 Å². The Morgan fingerprint density at radius 3 is 2.80 bits per heavy atom. The van der Waals surface area contributed by atoms with Crippen LogP contribution in [0.25, 0.3) is 0 Å². The van der Waals surface area contributed by atoms with Crippen molar-refractivity contribution in [3.8, 4) is 0 Å². The Kier molecular flexibility index (Phi) is 3.27. The minimum absolute atomic E-state index is 0.165. The third-order valence-corrected chi connectivity index (χ3v) is 6.59. The molecule has 106 valence electrons. The molecule has 1 aromatic carbocycles. The summed E-state index contributed by atoms with van der Waals surface area (Å²) in [6.45, 7) is 0.124. The Morgan fingerprint density at radius 1 is 1.30 bits per heavy atom. The van der Waals surface area contributed by atoms with E-state index in [0.29, 0.717) is 23.5 Å². The Labute approximate surface area is 120 Å². The zero-order valence-corrected chi connectivity index (χ0v) is 12.0. The van der Waals surface area contributed by atoms with Gasteiger partial charge in [0.05, 0.1) is 12.3 Å². The van der Waals surface area contributed by atoms with Crippen LogP contribution in [-0.4, -0.2) is 20.1 Å². The topological polar surface area (TPSA) is 57.6 Å². The van der Waals surface area contributed by atoms with Gasteiger partial charge in [0.2, 0.25) is 0 Å². The molecule has 3 rings (SSSR count). The van der Waals surface area contributed by atoms with Gasteiger partial charge in [0, 0.05) is 11.4 Å². The second-order valence-electron chi connectivity index (χ2n) is 4.48. The lowest BCUT2D eigenvalue weighted by atomic mass is 10.2. The maximum absolute atomic E-state index is 13.3. The van der Waals surface area contributed by atoms with E-state index in [0.717, 1.165) is 16.9 Å². The Morgan fingerprint density at radius 2 is 2.10 bits per heavy atom. The molecule has 2 heterocycles. The third-order valence-electron chi connectivity index (χ3n) is 3.24. The first-order valence-corrected chi connectivity index (χ1v) is 8.29. The molecule has 7 heteroatoms. The summed E-state index contributed by atoms with van der Waals surface area (Å²) in [5, 5.41) is 9.03. The van der Waals surface area contributed by atoms with E-state index in [2.05, 4.69) is 0 Å². The zero-order valence-electron chi connectivity index (χ0n) is 10.4. The van der Waals surface area contributed by atoms with Crippen molar-refractivity contribution in [2.24, 2.45) is 0 Å². The summed E-state index contributed by atoms with van der Waals surface area (Å²) in [6, 6.07) is 7.26. The molecule has 1 aliphatic rings. The van der Waals surface area contributed by atoms with Gasteiger partial charge >= 0.3 is 0 Å². The largest absolute Gasteiger partial charge is 0.391 e. The number of anilines is 1. The number of aliphatic hydroxyl groups is 1. The van der Waals surface area contributed by atoms with E-state index >= 15 is 0 Å². The van der Waals surface area contributed by atoms with Gasteiger partial charge in [-0.15, -0.1) is 11.3 Å². The highest BCUT2D eigenvalue weighted by Crippen LogP contribution is 2.35. The average molecular weight is 313 g/mol. The SMILES string of the molecule is O=S(=O)(c1ccc(CO)s1)N1CCc2ccc(F)cc21. The van der Waals surface area contributed by atoms with Gasteiger partial charge in [0.15, 0.2) is 0 Å². The maximum atomic E-state index is 13.3. The third kappa shape index (κ3) is 2.11. The van der Waals surface area contributed by atoms with E-state index in [4.69, 9.17) is 5.11 Å². The molecule has 0 spiro atoms. The first-order valence-electron chi connectivity index (χ1n) is 6.03. The number of aliphatic hydroxyl groups excluding tert-OH is 1. The number of hydrogen-bond acceptors (Lipinski definition) is 4. The molecular formula is C13H12FNO3S2. The fourth-order valence-corrected chi connectivity index (χ4v) is 5.09. The van der Waals surface area contributed by atoms with E-state index in [1.807, 2.05) is 0 Å². The standard InChI is InChI=1S/C13H12FNO3S2/c14-10-2-1-9-5-6-15(12(9)7-10)20(17,18)13-4-3-11(8-16)19-13/h1-4,7,16H,5-6,8H2. The lowest BCUT2D eigenvalue weighted by molar-refractivity contribution is 0.285. The number of fused-ring (bicyclic) bond motifs is 1. The number of thiophene rings is 1. The molecular weight excluding hydrogens is 301 g/mol. The highest BCUT2D eigenvalue weighted by Gasteiger charge is 2.32. The summed E-state index contributed by atoms with van der Waals surface area (Å²) in [4.78, 5) is 0.585. The van der Waals surface area contributed by atoms with Crippen LogP contribution in [0.2, 0.25) is 0 Å². The van der Waals surface area contributed by atoms with E-state index in [9.17, 15) is 12.8 Å². The number of benzene rings is 1. The maximum Gasteiger partial charge on any atom is 0.273 e. The molecule has 0 aliphatic carbocycles. The minimum Gasteiger partial charge on any atom is -0.391 e. The molecule has 1 aliphatic heterocycles. The molecule has 1 aromatic heterocycles. The van der Waals surface area contributed by atoms with Crippen molar-refractivity contribution in [3.63, 3.8) is 0 Å². The smallest absolute Gasteiger partial charge is 0.273 e. The Balaban J connectivity index is 2.04. The summed E-state index contributed by atoms with van der Waals surface area (Å²) < 4.78 is 39.9. The summed E-state index contributed by atoms with van der Waals surface area (Å²) in [5.41, 5.74) is 1.23. The molecule has 2 aromatic rings. The van der Waals surface area contributed by atoms with Crippen LogP contribution in [0.15, 0.2) is 34.5 Å². The van der Waals surface area contributed by atoms with Crippen molar-refractivity contribution in [3.05, 3.63) is 46.6 Å². The molecule has 0 unspecified atom stereocenters. The monoisotopic (exact) mass is 313 g/mol. The van der Waals surface area contributed by atoms with Crippen LogP contribution in [0, 0.1) is 5.82 Å². The normalized spacial score (nSPS) is 14.6. The highest BCUT2D eigenvalue weighted by atomic mass is 32.2. The molecule has 0 saturated carbocycles. The van der Waals surface area contributed by atoms with Crippen molar-refractivity contribution in [2.75, 3.05) is 10.8 Å². The molecule has 0 amide bonds. The fourth-order valence-electron chi connectivity index (χ4n) is 2.26. The number of sulfonamides is 1. The number of nitrogens with zero attached hydrogens (tertiary/aromatic N) is 1. The van der Waals surface area contributed by atoms with Crippen LogP contribution in [0.3, 0.4) is 0 Å². The van der Waals surface area contributed by atoms with Crippen LogP contribution in [-0.2, 0) is 23.1 Å². The van der Waals surface area contributed by atoms with Crippen molar-refractivity contribution in [2.45, 2.75) is 17.2 Å². The Hall–Kier alpha value is -1.44. The van der Waals surface area contributed by atoms with E-state index in [-0.39, 0.29) is 10.8 Å². The van der Waals surface area contributed by atoms with Crippen LogP contribution in [0.5, 0.6) is 0 Å². The van der Waals surface area contributed by atoms with Gasteiger partial charge < -0.3 is 5.11 Å². The van der Waals surface area contributed by atoms with Gasteiger partial charge in [-0.3, -0.25) is 4.31 Å². The van der Waals surface area contributed by atoms with E-state index in [1.54, 1.807) is 12.1 Å². The van der Waals surface area contributed by atoms with Crippen LogP contribution in [0.4, 0.5) is 10.1 Å². The van der Waals surface area contributed by atoms with E-state index < -0.39 is 15.8 Å². The lowest BCUT2D eigenvalue weighted by Crippen LogP contribution is -2.28. The lowest BCUT2D eigenvalue weighted by Gasteiger charge is -2.18. The fraction of sp³-hybridized carbons (Fsp3) is 0.231. The first kappa shape index (κ1) is 13.5. The molecule has 0 radical (unpaired) electrons. The van der Waals surface area contributed by atoms with Gasteiger partial charge in [-0.1, -0.05) is 6.07 Å². The zero-order chi connectivity index (χ0) is 14.3. The van der Waals surface area contributed by atoms with Gasteiger partial charge in [0.1, 0.15) is 10.0 Å². The van der Waals surface area contributed by atoms with Crippen LogP contribution < -0.4 is 4.31 Å². The van der Waals surface area contributed by atoms with Crippen LogP contribution >= 0.6 is 11.3 Å². The van der Waals surface area contributed by atoms with Crippen molar-refractivity contribution in [1.82, 2.24) is 0 Å². The molecule has 0 saturated heterocycles. The van der Waals surface area contributed by atoms with Crippen molar-refractivity contribution in [1.29, 1.82) is 0 Å². The number of rotatable bonds is 3.